The molecule has 3 rings (SSSR count). The van der Waals surface area contributed by atoms with Gasteiger partial charge in [-0.1, -0.05) is 36.2 Å². The molecular formula is C17H16Cl2N2OS. The fraction of sp³-hybridized carbons (Fsp3) is 0.294. The van der Waals surface area contributed by atoms with Crippen LogP contribution in [-0.4, -0.2) is 12.1 Å². The molecule has 1 aromatic carbocycles. The number of nitrogens with one attached hydrogen (secondary N) is 1. The number of nitrogens with zero attached hydrogens (tertiary/aromatic N) is 1. The average Bonchev–Trinajstić information content (AvgIpc) is 2.92. The van der Waals surface area contributed by atoms with E-state index >= 15 is 0 Å². The van der Waals surface area contributed by atoms with Crippen molar-refractivity contribution < 1.29 is 4.79 Å². The first-order valence-electron chi connectivity index (χ1n) is 7.43. The van der Waals surface area contributed by atoms with Crippen molar-refractivity contribution in [2.45, 2.75) is 26.2 Å². The molecule has 1 aliphatic rings. The van der Waals surface area contributed by atoms with Crippen LogP contribution in [0.5, 0.6) is 0 Å². The molecule has 1 aromatic heterocycles. The molecule has 3 nitrogen and oxygen atoms in total. The number of rotatable bonds is 3. The molecule has 1 atom stereocenters. The van der Waals surface area contributed by atoms with Crippen molar-refractivity contribution in [2.24, 2.45) is 11.0 Å². The lowest BCUT2D eigenvalue weighted by atomic mass is 9.90. The molecule has 0 aliphatic heterocycles. The zero-order valence-electron chi connectivity index (χ0n) is 12.6. The minimum Gasteiger partial charge on any atom is -0.266 e. The van der Waals surface area contributed by atoms with Crippen molar-refractivity contribution in [2.75, 3.05) is 0 Å². The zero-order valence-corrected chi connectivity index (χ0v) is 14.9. The fourth-order valence-electron chi connectivity index (χ4n) is 2.64. The van der Waals surface area contributed by atoms with Gasteiger partial charge >= 0.3 is 0 Å². The van der Waals surface area contributed by atoms with Gasteiger partial charge in [0.2, 0.25) is 0 Å². The van der Waals surface area contributed by atoms with Crippen LogP contribution in [0.25, 0.3) is 0 Å². The summed E-state index contributed by atoms with van der Waals surface area (Å²) < 4.78 is 0. The van der Waals surface area contributed by atoms with Gasteiger partial charge in [-0.05, 0) is 48.9 Å². The van der Waals surface area contributed by atoms with Gasteiger partial charge < -0.3 is 0 Å². The highest BCUT2D eigenvalue weighted by molar-refractivity contribution is 7.14. The molecule has 1 N–H and O–H groups in total. The highest BCUT2D eigenvalue weighted by atomic mass is 35.5. The Morgan fingerprint density at radius 1 is 1.39 bits per heavy atom. The van der Waals surface area contributed by atoms with Crippen LogP contribution in [0.1, 0.15) is 39.0 Å². The molecule has 23 heavy (non-hydrogen) atoms. The summed E-state index contributed by atoms with van der Waals surface area (Å²) in [6.45, 7) is 2.25. The van der Waals surface area contributed by atoms with Crippen LogP contribution in [0.4, 0.5) is 0 Å². The molecule has 6 heteroatoms. The van der Waals surface area contributed by atoms with E-state index in [0.29, 0.717) is 26.4 Å². The SMILES string of the molecule is C[C@@H]1CCc2sc(C(=O)N/N=C\c3ccc(Cl)cc3Cl)cc2C1. The second-order valence-corrected chi connectivity index (χ2v) is 7.75. The van der Waals surface area contributed by atoms with Gasteiger partial charge in [-0.25, -0.2) is 5.43 Å². The number of carbonyl (C=O) groups is 1. The summed E-state index contributed by atoms with van der Waals surface area (Å²) in [6, 6.07) is 7.12. The number of hydrazone groups is 1. The highest BCUT2D eigenvalue weighted by Crippen LogP contribution is 2.32. The van der Waals surface area contributed by atoms with Gasteiger partial charge in [-0.15, -0.1) is 11.3 Å². The number of aryl methyl sites for hydroxylation is 1. The van der Waals surface area contributed by atoms with E-state index in [4.69, 9.17) is 23.2 Å². The zero-order chi connectivity index (χ0) is 16.4. The minimum absolute atomic E-state index is 0.182. The minimum atomic E-state index is -0.182. The van der Waals surface area contributed by atoms with Gasteiger partial charge in [0.25, 0.3) is 5.91 Å². The molecule has 1 heterocycles. The first-order valence-corrected chi connectivity index (χ1v) is 9.00. The van der Waals surface area contributed by atoms with Crippen molar-refractivity contribution in [3.63, 3.8) is 0 Å². The van der Waals surface area contributed by atoms with Gasteiger partial charge in [-0.2, -0.15) is 5.10 Å². The van der Waals surface area contributed by atoms with Crippen molar-refractivity contribution in [1.82, 2.24) is 5.43 Å². The third-order valence-electron chi connectivity index (χ3n) is 3.89. The Hall–Kier alpha value is -1.36. The van der Waals surface area contributed by atoms with Gasteiger partial charge in [0.15, 0.2) is 0 Å². The van der Waals surface area contributed by atoms with Crippen molar-refractivity contribution >= 4 is 46.7 Å². The van der Waals surface area contributed by atoms with E-state index in [1.165, 1.54) is 23.1 Å². The third kappa shape index (κ3) is 3.94. The maximum Gasteiger partial charge on any atom is 0.281 e. The van der Waals surface area contributed by atoms with E-state index in [0.717, 1.165) is 12.8 Å². The van der Waals surface area contributed by atoms with Crippen LogP contribution in [0, 0.1) is 5.92 Å². The molecule has 0 saturated heterocycles. The molecule has 120 valence electrons. The van der Waals surface area contributed by atoms with E-state index in [-0.39, 0.29) is 5.91 Å². The Bertz CT molecular complexity index is 770. The molecule has 1 amide bonds. The molecular weight excluding hydrogens is 351 g/mol. The van der Waals surface area contributed by atoms with E-state index in [1.54, 1.807) is 29.5 Å². The summed E-state index contributed by atoms with van der Waals surface area (Å²) in [4.78, 5) is 14.2. The summed E-state index contributed by atoms with van der Waals surface area (Å²) in [7, 11) is 0. The maximum absolute atomic E-state index is 12.2. The predicted octanol–water partition coefficient (Wildman–Crippen LogP) is 4.94. The molecule has 0 bridgehead atoms. The Kier molecular flexibility index (Phi) is 5.05. The standard InChI is InChI=1S/C17H16Cl2N2OS/c1-10-2-5-15-12(6-10)7-16(23-15)17(22)21-20-9-11-3-4-13(18)8-14(11)19/h3-4,7-10H,2,5-6H2,1H3,(H,21,22)/b20-9-/t10-/m1/s1. The predicted molar refractivity (Wildman–Crippen MR) is 97.0 cm³/mol. The Morgan fingerprint density at radius 3 is 3.00 bits per heavy atom. The number of benzene rings is 1. The first-order chi connectivity index (χ1) is 11.0. The highest BCUT2D eigenvalue weighted by Gasteiger charge is 2.20. The van der Waals surface area contributed by atoms with E-state index < -0.39 is 0 Å². The number of hydrogen-bond donors (Lipinski definition) is 1. The number of carbonyl (C=O) groups excluding carboxylic acids is 1. The lowest BCUT2D eigenvalue weighted by Crippen LogP contribution is -2.16. The van der Waals surface area contributed by atoms with Crippen molar-refractivity contribution in [3.05, 3.63) is 55.2 Å². The second kappa shape index (κ2) is 7.04. The maximum atomic E-state index is 12.2. The second-order valence-electron chi connectivity index (χ2n) is 5.77. The Balaban J connectivity index is 1.66. The van der Waals surface area contributed by atoms with Crippen LogP contribution in [0.15, 0.2) is 29.4 Å². The van der Waals surface area contributed by atoms with E-state index in [9.17, 15) is 4.79 Å². The quantitative estimate of drug-likeness (QED) is 0.606. The lowest BCUT2D eigenvalue weighted by molar-refractivity contribution is 0.0959. The molecule has 1 aliphatic carbocycles. The average molecular weight is 367 g/mol. The smallest absolute Gasteiger partial charge is 0.266 e. The molecule has 0 saturated carbocycles. The Morgan fingerprint density at radius 2 is 2.22 bits per heavy atom. The molecule has 0 unspecified atom stereocenters. The molecule has 0 radical (unpaired) electrons. The lowest BCUT2D eigenvalue weighted by Gasteiger charge is -2.16. The van der Waals surface area contributed by atoms with Crippen LogP contribution >= 0.6 is 34.5 Å². The van der Waals surface area contributed by atoms with Gasteiger partial charge in [0.05, 0.1) is 16.1 Å². The summed E-state index contributed by atoms with van der Waals surface area (Å²) in [6.07, 6.45) is 4.84. The van der Waals surface area contributed by atoms with Gasteiger partial charge in [0.1, 0.15) is 0 Å². The molecule has 0 spiro atoms. The summed E-state index contributed by atoms with van der Waals surface area (Å²) in [5.41, 5.74) is 4.57. The molecule has 2 aromatic rings. The van der Waals surface area contributed by atoms with Crippen LogP contribution in [0.2, 0.25) is 10.0 Å². The van der Waals surface area contributed by atoms with E-state index in [1.807, 2.05) is 6.07 Å². The van der Waals surface area contributed by atoms with Crippen molar-refractivity contribution in [1.29, 1.82) is 0 Å². The number of halogens is 2. The fourth-order valence-corrected chi connectivity index (χ4v) is 4.19. The van der Waals surface area contributed by atoms with Crippen LogP contribution < -0.4 is 5.43 Å². The topological polar surface area (TPSA) is 41.5 Å². The van der Waals surface area contributed by atoms with Gasteiger partial charge in [0, 0.05) is 15.5 Å². The third-order valence-corrected chi connectivity index (χ3v) is 5.68. The Labute approximate surface area is 149 Å². The van der Waals surface area contributed by atoms with Crippen LogP contribution in [0.3, 0.4) is 0 Å². The van der Waals surface area contributed by atoms with E-state index in [2.05, 4.69) is 17.5 Å². The van der Waals surface area contributed by atoms with Gasteiger partial charge in [-0.3, -0.25) is 4.79 Å². The summed E-state index contributed by atoms with van der Waals surface area (Å²) in [5.74, 6) is 0.511. The largest absolute Gasteiger partial charge is 0.281 e. The molecule has 0 fully saturated rings. The first kappa shape index (κ1) is 16.5. The van der Waals surface area contributed by atoms with Crippen molar-refractivity contribution in [3.8, 4) is 0 Å². The number of fused-ring (bicyclic) bond motifs is 1. The monoisotopic (exact) mass is 366 g/mol. The summed E-state index contributed by atoms with van der Waals surface area (Å²) in [5, 5.41) is 5.04. The summed E-state index contributed by atoms with van der Waals surface area (Å²) >= 11 is 13.5. The normalized spacial score (nSPS) is 17.3. The number of hydrogen-bond acceptors (Lipinski definition) is 3. The number of amides is 1. The van der Waals surface area contributed by atoms with Crippen LogP contribution in [-0.2, 0) is 12.8 Å². The number of thiophene rings is 1.